The van der Waals surface area contributed by atoms with E-state index in [0.717, 1.165) is 38.8 Å². The monoisotopic (exact) mass is 603 g/mol. The quantitative estimate of drug-likeness (QED) is 0.296. The third kappa shape index (κ3) is 4.92. The van der Waals surface area contributed by atoms with Gasteiger partial charge in [0.1, 0.15) is 29.5 Å². The zero-order valence-electron chi connectivity index (χ0n) is 24.6. The van der Waals surface area contributed by atoms with Crippen molar-refractivity contribution in [3.63, 3.8) is 0 Å². The minimum Gasteiger partial charge on any atom is -0.466 e. The number of piperidine rings is 1. The molecule has 0 saturated carbocycles. The van der Waals surface area contributed by atoms with Gasteiger partial charge in [-0.2, -0.15) is 9.97 Å². The summed E-state index contributed by atoms with van der Waals surface area (Å²) < 4.78 is 43.0. The number of hydrogen-bond donors (Lipinski definition) is 1. The van der Waals surface area contributed by atoms with Crippen molar-refractivity contribution >= 4 is 33.5 Å². The van der Waals surface area contributed by atoms with E-state index < -0.39 is 29.6 Å². The van der Waals surface area contributed by atoms with Crippen molar-refractivity contribution in [2.45, 2.75) is 50.7 Å². The van der Waals surface area contributed by atoms with Gasteiger partial charge in [-0.25, -0.2) is 8.78 Å². The zero-order chi connectivity index (χ0) is 30.4. The smallest absolute Gasteiger partial charge is 0.319 e. The molecule has 0 aliphatic carbocycles. The van der Waals surface area contributed by atoms with E-state index in [1.165, 1.54) is 12.3 Å². The molecule has 7 rings (SSSR count). The normalized spacial score (nSPS) is 21.6. The summed E-state index contributed by atoms with van der Waals surface area (Å²) >= 11 is 0. The second-order valence-corrected chi connectivity index (χ2v) is 12.0. The van der Waals surface area contributed by atoms with Crippen LogP contribution in [0.15, 0.2) is 42.6 Å². The Morgan fingerprint density at radius 2 is 1.86 bits per heavy atom. The lowest BCUT2D eigenvalue weighted by molar-refractivity contribution is -0.152. The number of ether oxygens (including phenoxy) is 2. The largest absolute Gasteiger partial charge is 0.466 e. The van der Waals surface area contributed by atoms with Gasteiger partial charge in [-0.15, -0.1) is 0 Å². The number of β-amino-alcohol motifs (C(OH)–C–C–N with tert-alkyl or cyclic N) is 1. The highest BCUT2D eigenvalue weighted by atomic mass is 19.1. The lowest BCUT2D eigenvalue weighted by atomic mass is 9.93. The van der Waals surface area contributed by atoms with Crippen LogP contribution in [0.5, 0.6) is 6.01 Å². The Kier molecular flexibility index (Phi) is 7.54. The number of nitrogens with zero attached hydrogens (tertiary/aromatic N) is 5. The van der Waals surface area contributed by atoms with Crippen molar-refractivity contribution < 1.29 is 28.2 Å². The molecule has 3 aliphatic heterocycles. The molecule has 11 heteroatoms. The first kappa shape index (κ1) is 28.8. The van der Waals surface area contributed by atoms with Crippen LogP contribution in [0.2, 0.25) is 0 Å². The van der Waals surface area contributed by atoms with E-state index in [4.69, 9.17) is 14.5 Å². The number of benzene rings is 2. The maximum atomic E-state index is 16.6. The van der Waals surface area contributed by atoms with E-state index >= 15 is 8.78 Å². The zero-order valence-corrected chi connectivity index (χ0v) is 24.6. The molecule has 2 aromatic heterocycles. The van der Waals surface area contributed by atoms with Gasteiger partial charge in [-0.1, -0.05) is 30.3 Å². The number of halogens is 2. The number of esters is 1. The third-order valence-corrected chi connectivity index (χ3v) is 9.50. The van der Waals surface area contributed by atoms with Crippen LogP contribution in [0.1, 0.15) is 39.0 Å². The summed E-state index contributed by atoms with van der Waals surface area (Å²) in [5.74, 6) is -1.92. The maximum Gasteiger partial charge on any atom is 0.319 e. The first-order chi connectivity index (χ1) is 21.4. The van der Waals surface area contributed by atoms with Crippen LogP contribution < -0.4 is 9.64 Å². The highest BCUT2D eigenvalue weighted by molar-refractivity contribution is 5.99. The average Bonchev–Trinajstić information content (AvgIpc) is 3.61. The average molecular weight is 604 g/mol. The number of hydrogen-bond acceptors (Lipinski definition) is 9. The predicted octanol–water partition coefficient (Wildman–Crippen LogP) is 4.88. The standard InChI is InChI=1S/C33H35F2N5O4/c1-2-43-31(42)21-11-16-39(18-25(21)41)30-23-17-36-28(22-9-3-7-20-8-4-10-24(34)26(20)22)27(35)29(23)37-32(38-30)44-19-33-12-5-14-40(33)15-6-13-33/h3-4,7-10,17,21,25,41H,2,5-6,11-16,18-19H2,1H3/t21-,25+/m1/s1. The van der Waals surface area contributed by atoms with Crippen LogP contribution >= 0.6 is 0 Å². The van der Waals surface area contributed by atoms with Gasteiger partial charge in [-0.3, -0.25) is 14.7 Å². The number of pyridine rings is 1. The van der Waals surface area contributed by atoms with Crippen LogP contribution in [0, 0.1) is 17.6 Å². The molecule has 0 spiro atoms. The molecule has 9 nitrogen and oxygen atoms in total. The molecule has 0 unspecified atom stereocenters. The molecule has 4 aromatic rings. The third-order valence-electron chi connectivity index (χ3n) is 9.50. The number of carbonyl (C=O) groups excluding carboxylic acids is 1. The summed E-state index contributed by atoms with van der Waals surface area (Å²) in [6.45, 7) is 4.88. The van der Waals surface area contributed by atoms with E-state index in [0.29, 0.717) is 41.7 Å². The van der Waals surface area contributed by atoms with Crippen LogP contribution in [-0.4, -0.2) is 82.0 Å². The fourth-order valence-electron chi connectivity index (χ4n) is 7.32. The van der Waals surface area contributed by atoms with Crippen molar-refractivity contribution in [1.82, 2.24) is 19.9 Å². The Labute approximate surface area is 253 Å². The number of carbonyl (C=O) groups is 1. The summed E-state index contributed by atoms with van der Waals surface area (Å²) in [5, 5.41) is 12.2. The van der Waals surface area contributed by atoms with Crippen LogP contribution in [0.25, 0.3) is 32.9 Å². The number of aliphatic hydroxyl groups excluding tert-OH is 1. The Morgan fingerprint density at radius 1 is 1.09 bits per heavy atom. The van der Waals surface area contributed by atoms with Gasteiger partial charge in [0.25, 0.3) is 0 Å². The molecule has 3 fully saturated rings. The number of aliphatic hydroxyl groups is 1. The summed E-state index contributed by atoms with van der Waals surface area (Å²) in [6, 6.07) is 9.92. The number of rotatable bonds is 7. The molecular weight excluding hydrogens is 568 g/mol. The second-order valence-electron chi connectivity index (χ2n) is 12.0. The summed E-state index contributed by atoms with van der Waals surface area (Å²) in [5.41, 5.74) is 0.216. The van der Waals surface area contributed by atoms with Crippen molar-refractivity contribution in [1.29, 1.82) is 0 Å². The van der Waals surface area contributed by atoms with Crippen LogP contribution in [0.3, 0.4) is 0 Å². The van der Waals surface area contributed by atoms with Gasteiger partial charge >= 0.3 is 12.0 Å². The molecule has 2 atom stereocenters. The van der Waals surface area contributed by atoms with Crippen molar-refractivity contribution in [3.8, 4) is 17.3 Å². The van der Waals surface area contributed by atoms with Crippen molar-refractivity contribution in [3.05, 3.63) is 54.2 Å². The lowest BCUT2D eigenvalue weighted by Gasteiger charge is -2.36. The van der Waals surface area contributed by atoms with E-state index in [1.807, 2.05) is 4.90 Å². The van der Waals surface area contributed by atoms with Crippen LogP contribution in [-0.2, 0) is 9.53 Å². The van der Waals surface area contributed by atoms with Gasteiger partial charge in [0, 0.05) is 30.2 Å². The first-order valence-electron chi connectivity index (χ1n) is 15.4. The van der Waals surface area contributed by atoms with Crippen molar-refractivity contribution in [2.75, 3.05) is 44.3 Å². The minimum atomic E-state index is -1.00. The second kappa shape index (κ2) is 11.5. The highest BCUT2D eigenvalue weighted by Crippen LogP contribution is 2.40. The highest BCUT2D eigenvalue weighted by Gasteiger charge is 2.45. The summed E-state index contributed by atoms with van der Waals surface area (Å²) in [6.07, 6.45) is 5.08. The van der Waals surface area contributed by atoms with Crippen molar-refractivity contribution in [2.24, 2.45) is 5.92 Å². The molecule has 0 radical (unpaired) electrons. The van der Waals surface area contributed by atoms with E-state index in [9.17, 15) is 9.90 Å². The fourth-order valence-corrected chi connectivity index (χ4v) is 7.32. The SMILES string of the molecule is CCOC(=O)[C@@H]1CCN(c2nc(OCC34CCCN3CCC4)nc3c(F)c(-c4cccc5cccc(F)c45)ncc23)C[C@@H]1O. The molecule has 230 valence electrons. The van der Waals surface area contributed by atoms with E-state index in [-0.39, 0.29) is 41.3 Å². The van der Waals surface area contributed by atoms with Gasteiger partial charge < -0.3 is 19.5 Å². The Bertz CT molecular complexity index is 1720. The van der Waals surface area contributed by atoms with Gasteiger partial charge in [0.15, 0.2) is 5.82 Å². The first-order valence-corrected chi connectivity index (χ1v) is 15.4. The molecule has 0 amide bonds. The minimum absolute atomic E-state index is 0.00227. The molecule has 5 heterocycles. The number of aromatic nitrogens is 3. The van der Waals surface area contributed by atoms with E-state index in [2.05, 4.69) is 14.9 Å². The fraction of sp³-hybridized carbons (Fsp3) is 0.455. The Hall–Kier alpha value is -3.96. The molecule has 3 saturated heterocycles. The topological polar surface area (TPSA) is 101 Å². The predicted molar refractivity (Wildman–Crippen MR) is 161 cm³/mol. The van der Waals surface area contributed by atoms with Gasteiger partial charge in [-0.05, 0) is 63.6 Å². The molecule has 3 aliphatic rings. The summed E-state index contributed by atoms with van der Waals surface area (Å²) in [4.78, 5) is 30.4. The number of anilines is 1. The maximum absolute atomic E-state index is 16.6. The Morgan fingerprint density at radius 3 is 2.61 bits per heavy atom. The lowest BCUT2D eigenvalue weighted by Crippen LogP contribution is -2.47. The summed E-state index contributed by atoms with van der Waals surface area (Å²) in [7, 11) is 0. The molecule has 2 aromatic carbocycles. The number of fused-ring (bicyclic) bond motifs is 3. The molecule has 0 bridgehead atoms. The molecular formula is C33H35F2N5O4. The van der Waals surface area contributed by atoms with Gasteiger partial charge in [0.2, 0.25) is 0 Å². The van der Waals surface area contributed by atoms with Crippen LogP contribution in [0.4, 0.5) is 14.6 Å². The Balaban J connectivity index is 1.31. The molecule has 1 N–H and O–H groups in total. The van der Waals surface area contributed by atoms with Gasteiger partial charge in [0.05, 0.1) is 29.6 Å². The molecule has 44 heavy (non-hydrogen) atoms. The van der Waals surface area contributed by atoms with E-state index in [1.54, 1.807) is 37.3 Å².